The summed E-state index contributed by atoms with van der Waals surface area (Å²) in [5, 5.41) is 0. The van der Waals surface area contributed by atoms with Crippen molar-refractivity contribution in [1.82, 2.24) is 0 Å². The Bertz CT molecular complexity index is 55.1. The van der Waals surface area contributed by atoms with Gasteiger partial charge in [-0.1, -0.05) is 6.42 Å². The first-order valence-electron chi connectivity index (χ1n) is 2.82. The molecule has 42 valence electrons. The molecule has 4 N–H and O–H groups in total. The van der Waals surface area contributed by atoms with E-state index in [-0.39, 0.29) is 0 Å². The zero-order valence-corrected chi connectivity index (χ0v) is 4.43. The fourth-order valence-electron chi connectivity index (χ4n) is 1.02. The first-order chi connectivity index (χ1) is 3.30. The molecule has 0 aromatic rings. The van der Waals surface area contributed by atoms with E-state index in [4.69, 9.17) is 11.5 Å². The quantitative estimate of drug-likeness (QED) is 0.444. The van der Waals surface area contributed by atoms with Gasteiger partial charge in [0.05, 0.1) is 0 Å². The van der Waals surface area contributed by atoms with Gasteiger partial charge in [0.1, 0.15) is 0 Å². The molecule has 7 heavy (non-hydrogen) atoms. The molecule has 1 rings (SSSR count). The summed E-state index contributed by atoms with van der Waals surface area (Å²) in [6.07, 6.45) is 3.48. The van der Waals surface area contributed by atoms with Gasteiger partial charge in [-0.25, -0.2) is 0 Å². The Kier molecular flexibility index (Phi) is 1.30. The molecule has 0 aromatic heterocycles. The van der Waals surface area contributed by atoms with Crippen LogP contribution in [0.2, 0.25) is 0 Å². The van der Waals surface area contributed by atoms with Crippen LogP contribution in [0, 0.1) is 0 Å². The zero-order valence-electron chi connectivity index (χ0n) is 4.43. The van der Waals surface area contributed by atoms with Crippen LogP contribution in [0.25, 0.3) is 0 Å². The van der Waals surface area contributed by atoms with E-state index in [9.17, 15) is 0 Å². The highest BCUT2D eigenvalue weighted by atomic mass is 14.8. The molecule has 2 unspecified atom stereocenters. The molecule has 2 nitrogen and oxygen atoms in total. The second-order valence-corrected chi connectivity index (χ2v) is 2.26. The normalized spacial score (nSPS) is 42.0. The van der Waals surface area contributed by atoms with Crippen molar-refractivity contribution >= 4 is 0 Å². The Balaban J connectivity index is 2.33. The second-order valence-electron chi connectivity index (χ2n) is 2.26. The molecule has 1 aliphatic carbocycles. The Labute approximate surface area is 43.9 Å². The fourth-order valence-corrected chi connectivity index (χ4v) is 1.02. The molecule has 2 heteroatoms. The Hall–Kier alpha value is -0.0800. The van der Waals surface area contributed by atoms with E-state index in [2.05, 4.69) is 0 Å². The average molecular weight is 100 g/mol. The molecule has 0 spiro atoms. The molecular formula is C5H12N2. The van der Waals surface area contributed by atoms with Gasteiger partial charge in [0, 0.05) is 12.1 Å². The van der Waals surface area contributed by atoms with Crippen molar-refractivity contribution in [3.05, 3.63) is 0 Å². The average Bonchev–Trinajstić information content (AvgIpc) is 1.91. The van der Waals surface area contributed by atoms with Crippen LogP contribution in [0.5, 0.6) is 0 Å². The van der Waals surface area contributed by atoms with E-state index in [1.54, 1.807) is 0 Å². The van der Waals surface area contributed by atoms with Crippen molar-refractivity contribution in [3.8, 4) is 0 Å². The van der Waals surface area contributed by atoms with Crippen LogP contribution in [0.3, 0.4) is 0 Å². The molecule has 2 atom stereocenters. The molecule has 0 aliphatic heterocycles. The monoisotopic (exact) mass is 100 g/mol. The summed E-state index contributed by atoms with van der Waals surface area (Å²) in [6, 6.07) is 0.583. The highest BCUT2D eigenvalue weighted by Gasteiger charge is 2.18. The molecule has 0 saturated heterocycles. The number of rotatable bonds is 0. The number of nitrogens with two attached hydrogens (primary N) is 2. The molecule has 1 fully saturated rings. The topological polar surface area (TPSA) is 52.0 Å². The summed E-state index contributed by atoms with van der Waals surface area (Å²) in [7, 11) is 0. The van der Waals surface area contributed by atoms with Gasteiger partial charge in [-0.05, 0) is 12.8 Å². The van der Waals surface area contributed by atoms with E-state index in [0.29, 0.717) is 12.1 Å². The number of hydrogen-bond acceptors (Lipinski definition) is 2. The third-order valence-corrected chi connectivity index (χ3v) is 1.62. The van der Waals surface area contributed by atoms with Crippen molar-refractivity contribution in [2.45, 2.75) is 31.3 Å². The van der Waals surface area contributed by atoms with Crippen LogP contribution in [0.1, 0.15) is 19.3 Å². The highest BCUT2D eigenvalue weighted by molar-refractivity contribution is 4.82. The predicted molar refractivity (Wildman–Crippen MR) is 29.8 cm³/mol. The van der Waals surface area contributed by atoms with Gasteiger partial charge >= 0.3 is 0 Å². The van der Waals surface area contributed by atoms with Crippen LogP contribution in [0.4, 0.5) is 0 Å². The molecular weight excluding hydrogens is 88.1 g/mol. The van der Waals surface area contributed by atoms with Crippen molar-refractivity contribution in [1.29, 1.82) is 0 Å². The second kappa shape index (κ2) is 1.80. The minimum atomic E-state index is 0.292. The van der Waals surface area contributed by atoms with Crippen molar-refractivity contribution in [3.63, 3.8) is 0 Å². The van der Waals surface area contributed by atoms with Gasteiger partial charge in [0.25, 0.3) is 0 Å². The molecule has 0 aromatic carbocycles. The van der Waals surface area contributed by atoms with Crippen LogP contribution >= 0.6 is 0 Å². The fraction of sp³-hybridized carbons (Fsp3) is 1.00. The third-order valence-electron chi connectivity index (χ3n) is 1.62. The van der Waals surface area contributed by atoms with E-state index >= 15 is 0 Å². The van der Waals surface area contributed by atoms with Crippen LogP contribution in [0.15, 0.2) is 0 Å². The maximum absolute atomic E-state index is 5.55. The minimum absolute atomic E-state index is 0.292. The van der Waals surface area contributed by atoms with Gasteiger partial charge in [0.15, 0.2) is 0 Å². The van der Waals surface area contributed by atoms with Crippen molar-refractivity contribution in [2.75, 3.05) is 0 Å². The van der Waals surface area contributed by atoms with Crippen LogP contribution < -0.4 is 11.5 Å². The Morgan fingerprint density at radius 3 is 1.57 bits per heavy atom. The van der Waals surface area contributed by atoms with Gasteiger partial charge in [-0.2, -0.15) is 0 Å². The van der Waals surface area contributed by atoms with Crippen LogP contribution in [-0.4, -0.2) is 12.1 Å². The Morgan fingerprint density at radius 1 is 1.00 bits per heavy atom. The van der Waals surface area contributed by atoms with Gasteiger partial charge in [-0.15, -0.1) is 0 Å². The molecule has 0 heterocycles. The highest BCUT2D eigenvalue weighted by Crippen LogP contribution is 2.13. The lowest BCUT2D eigenvalue weighted by Gasteiger charge is -2.05. The lowest BCUT2D eigenvalue weighted by Crippen LogP contribution is -2.35. The summed E-state index contributed by atoms with van der Waals surface area (Å²) in [5.74, 6) is 0. The molecule has 0 radical (unpaired) electrons. The summed E-state index contributed by atoms with van der Waals surface area (Å²) in [6.45, 7) is 0. The van der Waals surface area contributed by atoms with E-state index in [1.165, 1.54) is 6.42 Å². The van der Waals surface area contributed by atoms with Crippen molar-refractivity contribution < 1.29 is 0 Å². The van der Waals surface area contributed by atoms with Crippen LogP contribution in [-0.2, 0) is 0 Å². The van der Waals surface area contributed by atoms with Crippen molar-refractivity contribution in [2.24, 2.45) is 11.5 Å². The smallest absolute Gasteiger partial charge is 0.0192 e. The zero-order chi connectivity index (χ0) is 5.28. The largest absolute Gasteiger partial charge is 0.326 e. The summed E-state index contributed by atoms with van der Waals surface area (Å²) >= 11 is 0. The maximum Gasteiger partial charge on any atom is 0.0192 e. The van der Waals surface area contributed by atoms with E-state index < -0.39 is 0 Å². The summed E-state index contributed by atoms with van der Waals surface area (Å²) < 4.78 is 0. The first kappa shape index (κ1) is 5.06. The molecule has 0 amide bonds. The number of hydrogen-bond donors (Lipinski definition) is 2. The summed E-state index contributed by atoms with van der Waals surface area (Å²) in [4.78, 5) is 0. The maximum atomic E-state index is 5.55. The lowest BCUT2D eigenvalue weighted by atomic mass is 10.2. The van der Waals surface area contributed by atoms with Gasteiger partial charge < -0.3 is 11.5 Å². The summed E-state index contributed by atoms with van der Waals surface area (Å²) in [5.41, 5.74) is 11.1. The van der Waals surface area contributed by atoms with Gasteiger partial charge in [-0.3, -0.25) is 0 Å². The molecule has 1 aliphatic rings. The minimum Gasteiger partial charge on any atom is -0.326 e. The third kappa shape index (κ3) is 0.924. The van der Waals surface area contributed by atoms with E-state index in [0.717, 1.165) is 12.8 Å². The molecule has 0 bridgehead atoms. The molecule has 1 saturated carbocycles. The lowest BCUT2D eigenvalue weighted by molar-refractivity contribution is 0.603. The standard InChI is InChI=1S/C5H12N2/c6-4-2-1-3-5(4)7/h4-5H,1-3,6-7H2. The Morgan fingerprint density at radius 2 is 1.43 bits per heavy atom. The predicted octanol–water partition coefficient (Wildman–Crippen LogP) is -0.175. The SMILES string of the molecule is NC1CCCC1N. The van der Waals surface area contributed by atoms with Gasteiger partial charge in [0.2, 0.25) is 0 Å². The first-order valence-corrected chi connectivity index (χ1v) is 2.82. The van der Waals surface area contributed by atoms with E-state index in [1.807, 2.05) is 0 Å².